The normalized spacial score (nSPS) is 12.1. The van der Waals surface area contributed by atoms with E-state index in [0.29, 0.717) is 0 Å². The van der Waals surface area contributed by atoms with Gasteiger partial charge in [-0.05, 0) is 30.3 Å². The lowest BCUT2D eigenvalue weighted by molar-refractivity contribution is 0.602. The fourth-order valence-corrected chi connectivity index (χ4v) is 4.48. The first kappa shape index (κ1) is 14.9. The van der Waals surface area contributed by atoms with Crippen LogP contribution in [0.2, 0.25) is 0 Å². The minimum Gasteiger partial charge on any atom is -0.454 e. The first-order valence-electron chi connectivity index (χ1n) is 9.55. The maximum absolute atomic E-state index is 6.37. The molecule has 7 rings (SSSR count). The van der Waals surface area contributed by atoms with Crippen molar-refractivity contribution < 1.29 is 8.83 Å². The van der Waals surface area contributed by atoms with E-state index in [-0.39, 0.29) is 0 Å². The maximum atomic E-state index is 6.37. The van der Waals surface area contributed by atoms with Crippen LogP contribution < -0.4 is 0 Å². The third-order valence-electron chi connectivity index (χ3n) is 5.75. The Morgan fingerprint density at radius 1 is 0.690 bits per heavy atom. The van der Waals surface area contributed by atoms with Gasteiger partial charge < -0.3 is 13.4 Å². The molecule has 4 aromatic carbocycles. The molecule has 0 aliphatic heterocycles. The number of para-hydroxylation sites is 2. The van der Waals surface area contributed by atoms with E-state index in [0.717, 1.165) is 49.8 Å². The van der Waals surface area contributed by atoms with Gasteiger partial charge in [0.1, 0.15) is 11.1 Å². The lowest BCUT2D eigenvalue weighted by Gasteiger charge is -2.07. The average Bonchev–Trinajstić information content (AvgIpc) is 3.46. The van der Waals surface area contributed by atoms with Gasteiger partial charge in [0.25, 0.3) is 0 Å². The molecule has 3 heterocycles. The molecule has 0 spiro atoms. The summed E-state index contributed by atoms with van der Waals surface area (Å²) < 4.78 is 14.2. The van der Waals surface area contributed by atoms with Crippen LogP contribution in [-0.2, 0) is 0 Å². The molecule has 136 valence electrons. The van der Waals surface area contributed by atoms with E-state index in [1.165, 1.54) is 17.2 Å². The summed E-state index contributed by atoms with van der Waals surface area (Å²) in [6, 6.07) is 27.1. The van der Waals surface area contributed by atoms with Gasteiger partial charge >= 0.3 is 0 Å². The summed E-state index contributed by atoms with van der Waals surface area (Å²) in [6.45, 7) is 0. The minimum atomic E-state index is 0.769. The summed E-state index contributed by atoms with van der Waals surface area (Å²) in [7, 11) is 0. The minimum absolute atomic E-state index is 0.769. The highest BCUT2D eigenvalue weighted by Gasteiger charge is 2.18. The second kappa shape index (κ2) is 5.26. The van der Waals surface area contributed by atoms with Gasteiger partial charge in [-0.25, -0.2) is 4.98 Å². The van der Waals surface area contributed by atoms with Gasteiger partial charge in [-0.2, -0.15) is 0 Å². The third kappa shape index (κ3) is 1.90. The van der Waals surface area contributed by atoms with Crippen LogP contribution in [0, 0.1) is 0 Å². The van der Waals surface area contributed by atoms with Crippen LogP contribution in [0.25, 0.3) is 60.5 Å². The second-order valence-corrected chi connectivity index (χ2v) is 7.29. The summed E-state index contributed by atoms with van der Waals surface area (Å²) >= 11 is 0. The van der Waals surface area contributed by atoms with E-state index in [2.05, 4.69) is 64.1 Å². The Bertz CT molecular complexity index is 1720. The molecule has 0 radical (unpaired) electrons. The number of furan rings is 1. The van der Waals surface area contributed by atoms with Crippen molar-refractivity contribution in [3.8, 4) is 5.69 Å². The first-order valence-corrected chi connectivity index (χ1v) is 9.55. The molecule has 4 nitrogen and oxygen atoms in total. The van der Waals surface area contributed by atoms with Crippen LogP contribution in [0.4, 0.5) is 0 Å². The van der Waals surface area contributed by atoms with Crippen LogP contribution >= 0.6 is 0 Å². The number of rotatable bonds is 1. The Morgan fingerprint density at radius 2 is 1.52 bits per heavy atom. The Balaban J connectivity index is 1.73. The van der Waals surface area contributed by atoms with Gasteiger partial charge in [0, 0.05) is 27.6 Å². The van der Waals surface area contributed by atoms with E-state index in [4.69, 9.17) is 8.83 Å². The summed E-state index contributed by atoms with van der Waals surface area (Å²) in [6.07, 6.45) is 1.48. The molecule has 0 fully saturated rings. The van der Waals surface area contributed by atoms with Gasteiger partial charge in [-0.15, -0.1) is 0 Å². The molecule has 29 heavy (non-hydrogen) atoms. The van der Waals surface area contributed by atoms with E-state index >= 15 is 0 Å². The Kier molecular flexibility index (Phi) is 2.71. The van der Waals surface area contributed by atoms with Crippen molar-refractivity contribution in [2.24, 2.45) is 0 Å². The number of hydrogen-bond donors (Lipinski definition) is 0. The lowest BCUT2D eigenvalue weighted by atomic mass is 10.1. The summed E-state index contributed by atoms with van der Waals surface area (Å²) in [4.78, 5) is 4.25. The molecule has 0 unspecified atom stereocenters. The van der Waals surface area contributed by atoms with E-state index < -0.39 is 0 Å². The molecular formula is C25H14N2O2. The fourth-order valence-electron chi connectivity index (χ4n) is 4.48. The highest BCUT2D eigenvalue weighted by Crippen LogP contribution is 2.40. The molecule has 0 N–H and O–H groups in total. The zero-order chi connectivity index (χ0) is 18.9. The largest absolute Gasteiger partial charge is 0.454 e. The number of hydrogen-bond acceptors (Lipinski definition) is 3. The number of aromatic nitrogens is 2. The molecule has 0 amide bonds. The molecule has 0 aliphatic rings. The summed E-state index contributed by atoms with van der Waals surface area (Å²) in [5.41, 5.74) is 6.64. The molecule has 7 aromatic rings. The van der Waals surface area contributed by atoms with Gasteiger partial charge in [-0.3, -0.25) is 0 Å². The quantitative estimate of drug-likeness (QED) is 0.316. The van der Waals surface area contributed by atoms with Gasteiger partial charge in [0.05, 0.1) is 16.7 Å². The van der Waals surface area contributed by atoms with Crippen LogP contribution in [0.5, 0.6) is 0 Å². The van der Waals surface area contributed by atoms with Crippen molar-refractivity contribution in [1.82, 2.24) is 9.55 Å². The number of nitrogens with zero attached hydrogens (tertiary/aromatic N) is 2. The molecule has 0 bridgehead atoms. The maximum Gasteiger partial charge on any atom is 0.181 e. The first-order chi connectivity index (χ1) is 14.4. The van der Waals surface area contributed by atoms with Crippen molar-refractivity contribution in [3.05, 3.63) is 85.3 Å². The third-order valence-corrected chi connectivity index (χ3v) is 5.75. The topological polar surface area (TPSA) is 44.1 Å². The monoisotopic (exact) mass is 374 g/mol. The molecule has 0 atom stereocenters. The zero-order valence-electron chi connectivity index (χ0n) is 15.3. The smallest absolute Gasteiger partial charge is 0.181 e. The molecule has 4 heteroatoms. The van der Waals surface area contributed by atoms with E-state index in [1.54, 1.807) is 0 Å². The SMILES string of the molecule is c1ccc2c(c1)oc1c2ccc2c3ccccc3n(-c3ccc4ncoc4c3)c21. The van der Waals surface area contributed by atoms with Crippen LogP contribution in [0.1, 0.15) is 0 Å². The number of oxazole rings is 1. The molecule has 0 saturated carbocycles. The van der Waals surface area contributed by atoms with E-state index in [9.17, 15) is 0 Å². The highest BCUT2D eigenvalue weighted by molar-refractivity contribution is 6.21. The molecular weight excluding hydrogens is 360 g/mol. The standard InChI is InChI=1S/C25H14N2O2/c1-3-7-21-16(5-1)18-10-11-19-17-6-2-4-8-22(17)29-25(19)24(18)27(21)15-9-12-20-23(13-15)28-14-26-20/h1-14H. The van der Waals surface area contributed by atoms with Crippen molar-refractivity contribution in [2.45, 2.75) is 0 Å². The molecule has 3 aromatic heterocycles. The van der Waals surface area contributed by atoms with Crippen molar-refractivity contribution in [3.63, 3.8) is 0 Å². The Labute approximate surface area is 164 Å². The lowest BCUT2D eigenvalue weighted by Crippen LogP contribution is -1.93. The Morgan fingerprint density at radius 3 is 2.48 bits per heavy atom. The van der Waals surface area contributed by atoms with Gasteiger partial charge in [0.15, 0.2) is 17.6 Å². The fraction of sp³-hybridized carbons (Fsp3) is 0. The van der Waals surface area contributed by atoms with Crippen molar-refractivity contribution >= 4 is 54.8 Å². The summed E-state index contributed by atoms with van der Waals surface area (Å²) in [5.74, 6) is 0. The van der Waals surface area contributed by atoms with Crippen LogP contribution in [0.3, 0.4) is 0 Å². The Hall–Kier alpha value is -4.05. The second-order valence-electron chi connectivity index (χ2n) is 7.29. The molecule has 0 aliphatic carbocycles. The average molecular weight is 374 g/mol. The van der Waals surface area contributed by atoms with Crippen LogP contribution in [0.15, 0.2) is 94.1 Å². The number of fused-ring (bicyclic) bond motifs is 8. The zero-order valence-corrected chi connectivity index (χ0v) is 15.3. The van der Waals surface area contributed by atoms with Crippen molar-refractivity contribution in [2.75, 3.05) is 0 Å². The summed E-state index contributed by atoms with van der Waals surface area (Å²) in [5, 5.41) is 4.62. The van der Waals surface area contributed by atoms with Gasteiger partial charge in [0.2, 0.25) is 0 Å². The van der Waals surface area contributed by atoms with Crippen molar-refractivity contribution in [1.29, 1.82) is 0 Å². The van der Waals surface area contributed by atoms with E-state index in [1.807, 2.05) is 24.3 Å². The van der Waals surface area contributed by atoms with Crippen LogP contribution in [-0.4, -0.2) is 9.55 Å². The highest BCUT2D eigenvalue weighted by atomic mass is 16.3. The van der Waals surface area contributed by atoms with Gasteiger partial charge in [-0.1, -0.05) is 42.5 Å². The molecule has 0 saturated heterocycles. The predicted octanol–water partition coefficient (Wildman–Crippen LogP) is 6.82. The predicted molar refractivity (Wildman–Crippen MR) is 116 cm³/mol. The number of benzene rings is 4.